The lowest BCUT2D eigenvalue weighted by atomic mass is 10.1. The van der Waals surface area contributed by atoms with E-state index in [0.717, 1.165) is 4.90 Å². The summed E-state index contributed by atoms with van der Waals surface area (Å²) in [5.41, 5.74) is 1.46. The Kier molecular flexibility index (Phi) is 7.91. The van der Waals surface area contributed by atoms with E-state index >= 15 is 0 Å². The lowest BCUT2D eigenvalue weighted by Gasteiger charge is -2.16. The van der Waals surface area contributed by atoms with E-state index in [1.54, 1.807) is 48.5 Å². The van der Waals surface area contributed by atoms with Crippen LogP contribution in [-0.4, -0.2) is 30.3 Å². The molecule has 0 unspecified atom stereocenters. The van der Waals surface area contributed by atoms with Gasteiger partial charge in [-0.2, -0.15) is 0 Å². The van der Waals surface area contributed by atoms with Crippen LogP contribution in [0.15, 0.2) is 83.5 Å². The predicted octanol–water partition coefficient (Wildman–Crippen LogP) is 5.59. The number of ether oxygens (including phenoxy) is 1. The molecule has 8 nitrogen and oxygen atoms in total. The van der Waals surface area contributed by atoms with Crippen LogP contribution < -0.4 is 15.5 Å². The zero-order chi connectivity index (χ0) is 26.5. The van der Waals surface area contributed by atoms with Gasteiger partial charge < -0.3 is 15.4 Å². The number of rotatable bonds is 8. The van der Waals surface area contributed by atoms with Gasteiger partial charge in [0, 0.05) is 22.0 Å². The molecule has 188 valence electrons. The Bertz CT molecular complexity index is 1420. The molecule has 3 aromatic carbocycles. The van der Waals surface area contributed by atoms with E-state index in [9.17, 15) is 19.2 Å². The van der Waals surface area contributed by atoms with Gasteiger partial charge in [-0.25, -0.2) is 9.69 Å². The number of benzene rings is 3. The van der Waals surface area contributed by atoms with Gasteiger partial charge in [-0.05, 0) is 67.1 Å². The molecule has 0 fully saturated rings. The number of halogens is 2. The van der Waals surface area contributed by atoms with E-state index in [0.29, 0.717) is 28.4 Å². The molecule has 37 heavy (non-hydrogen) atoms. The van der Waals surface area contributed by atoms with Gasteiger partial charge in [0.25, 0.3) is 17.7 Å². The fraction of sp³-hybridized carbons (Fsp3) is 0.111. The van der Waals surface area contributed by atoms with Crippen molar-refractivity contribution >= 4 is 64.0 Å². The van der Waals surface area contributed by atoms with Crippen LogP contribution in [0.25, 0.3) is 0 Å². The van der Waals surface area contributed by atoms with Crippen LogP contribution in [0.5, 0.6) is 0 Å². The maximum absolute atomic E-state index is 13.2. The number of imide groups is 1. The SMILES string of the molecule is CCCOC(=O)c1cccc(N2C(=O)C(Cl)=C(Nc3cccc(C(=O)Nc4ccc(Cl)cc4)c3)C2=O)c1. The Balaban J connectivity index is 1.51. The molecular weight excluding hydrogens is 517 g/mol. The van der Waals surface area contributed by atoms with Gasteiger partial charge >= 0.3 is 5.97 Å². The summed E-state index contributed by atoms with van der Waals surface area (Å²) in [4.78, 5) is 51.8. The second-order valence-corrected chi connectivity index (χ2v) is 8.80. The zero-order valence-electron chi connectivity index (χ0n) is 19.6. The van der Waals surface area contributed by atoms with Crippen LogP contribution in [0.2, 0.25) is 5.02 Å². The molecule has 0 aliphatic carbocycles. The van der Waals surface area contributed by atoms with Crippen molar-refractivity contribution in [3.8, 4) is 0 Å². The molecule has 0 radical (unpaired) electrons. The van der Waals surface area contributed by atoms with Crippen molar-refractivity contribution in [2.75, 3.05) is 22.1 Å². The maximum Gasteiger partial charge on any atom is 0.338 e. The summed E-state index contributed by atoms with van der Waals surface area (Å²) >= 11 is 12.1. The van der Waals surface area contributed by atoms with Crippen molar-refractivity contribution in [3.05, 3.63) is 99.7 Å². The van der Waals surface area contributed by atoms with E-state index in [4.69, 9.17) is 27.9 Å². The summed E-state index contributed by atoms with van der Waals surface area (Å²) in [5.74, 6) is -2.39. The first kappa shape index (κ1) is 25.9. The third-order valence-electron chi connectivity index (χ3n) is 5.30. The standard InChI is InChI=1S/C27H21Cl2N3O5/c1-2-13-37-27(36)17-6-4-8-21(15-17)32-25(34)22(29)23(26(32)35)30-20-7-3-5-16(14-20)24(33)31-19-11-9-18(28)10-12-19/h3-12,14-15,30H,2,13H2,1H3,(H,31,33). The Morgan fingerprint density at radius 2 is 1.57 bits per heavy atom. The number of nitrogens with one attached hydrogen (secondary N) is 2. The summed E-state index contributed by atoms with van der Waals surface area (Å²) in [7, 11) is 0. The molecule has 3 aromatic rings. The number of carbonyl (C=O) groups is 4. The third-order valence-corrected chi connectivity index (χ3v) is 5.90. The summed E-state index contributed by atoms with van der Waals surface area (Å²) in [6.07, 6.45) is 0.660. The lowest BCUT2D eigenvalue weighted by molar-refractivity contribution is -0.120. The van der Waals surface area contributed by atoms with E-state index < -0.39 is 17.8 Å². The van der Waals surface area contributed by atoms with Crippen molar-refractivity contribution in [1.82, 2.24) is 0 Å². The molecule has 0 spiro atoms. The Hall–Kier alpha value is -4.14. The van der Waals surface area contributed by atoms with Crippen LogP contribution >= 0.6 is 23.2 Å². The van der Waals surface area contributed by atoms with Gasteiger partial charge in [0.1, 0.15) is 10.7 Å². The van der Waals surface area contributed by atoms with Crippen LogP contribution in [0.3, 0.4) is 0 Å². The second-order valence-electron chi connectivity index (χ2n) is 7.99. The van der Waals surface area contributed by atoms with Crippen LogP contribution in [0.1, 0.15) is 34.1 Å². The number of esters is 1. The predicted molar refractivity (Wildman–Crippen MR) is 142 cm³/mol. The molecule has 10 heteroatoms. The second kappa shape index (κ2) is 11.3. The summed E-state index contributed by atoms with van der Waals surface area (Å²) < 4.78 is 5.13. The van der Waals surface area contributed by atoms with Crippen molar-refractivity contribution in [3.63, 3.8) is 0 Å². The van der Waals surface area contributed by atoms with Crippen molar-refractivity contribution < 1.29 is 23.9 Å². The smallest absolute Gasteiger partial charge is 0.338 e. The van der Waals surface area contributed by atoms with Crippen LogP contribution in [-0.2, 0) is 14.3 Å². The Morgan fingerprint density at radius 1 is 0.865 bits per heavy atom. The average molecular weight is 538 g/mol. The van der Waals surface area contributed by atoms with Gasteiger partial charge in [0.05, 0.1) is 17.9 Å². The van der Waals surface area contributed by atoms with Gasteiger partial charge in [-0.1, -0.05) is 42.3 Å². The molecule has 1 aliphatic rings. The molecule has 0 atom stereocenters. The summed E-state index contributed by atoms with van der Waals surface area (Å²) in [5, 5.41) is 5.83. The molecule has 4 rings (SSSR count). The van der Waals surface area contributed by atoms with E-state index in [1.165, 1.54) is 24.3 Å². The average Bonchev–Trinajstić information content (AvgIpc) is 3.11. The zero-order valence-corrected chi connectivity index (χ0v) is 21.1. The highest BCUT2D eigenvalue weighted by Gasteiger charge is 2.39. The highest BCUT2D eigenvalue weighted by atomic mass is 35.5. The number of hydrogen-bond acceptors (Lipinski definition) is 6. The number of anilines is 3. The summed E-state index contributed by atoms with van der Waals surface area (Å²) in [6.45, 7) is 2.12. The monoisotopic (exact) mass is 537 g/mol. The quantitative estimate of drug-likeness (QED) is 0.286. The van der Waals surface area contributed by atoms with Crippen molar-refractivity contribution in [1.29, 1.82) is 0 Å². The van der Waals surface area contributed by atoms with Gasteiger partial charge in [-0.15, -0.1) is 0 Å². The number of nitrogens with zero attached hydrogens (tertiary/aromatic N) is 1. The third kappa shape index (κ3) is 5.82. The molecule has 0 aromatic heterocycles. The normalized spacial score (nSPS) is 13.1. The topological polar surface area (TPSA) is 105 Å². The fourth-order valence-corrected chi connectivity index (χ4v) is 3.85. The first-order chi connectivity index (χ1) is 17.8. The highest BCUT2D eigenvalue weighted by molar-refractivity contribution is 6.53. The molecule has 0 saturated heterocycles. The van der Waals surface area contributed by atoms with Gasteiger partial charge in [0.15, 0.2) is 0 Å². The molecule has 1 heterocycles. The first-order valence-electron chi connectivity index (χ1n) is 11.3. The van der Waals surface area contributed by atoms with Crippen LogP contribution in [0.4, 0.5) is 17.1 Å². The Labute approximate surface area is 222 Å². The Morgan fingerprint density at radius 3 is 2.30 bits per heavy atom. The van der Waals surface area contributed by atoms with Gasteiger partial charge in [0.2, 0.25) is 0 Å². The van der Waals surface area contributed by atoms with E-state index in [-0.39, 0.29) is 34.5 Å². The van der Waals surface area contributed by atoms with E-state index in [1.807, 2.05) is 6.92 Å². The maximum atomic E-state index is 13.2. The molecule has 0 bridgehead atoms. The molecule has 3 amide bonds. The molecule has 0 saturated carbocycles. The van der Waals surface area contributed by atoms with Gasteiger partial charge in [-0.3, -0.25) is 14.4 Å². The minimum absolute atomic E-state index is 0.152. The first-order valence-corrected chi connectivity index (χ1v) is 12.0. The lowest BCUT2D eigenvalue weighted by Crippen LogP contribution is -2.32. The summed E-state index contributed by atoms with van der Waals surface area (Å²) in [6, 6.07) is 19.0. The number of amides is 3. The largest absolute Gasteiger partial charge is 0.462 e. The van der Waals surface area contributed by atoms with E-state index in [2.05, 4.69) is 10.6 Å². The van der Waals surface area contributed by atoms with Crippen molar-refractivity contribution in [2.24, 2.45) is 0 Å². The minimum atomic E-state index is -0.745. The van der Waals surface area contributed by atoms with Crippen molar-refractivity contribution in [2.45, 2.75) is 13.3 Å². The molecule has 1 aliphatic heterocycles. The minimum Gasteiger partial charge on any atom is -0.462 e. The highest BCUT2D eigenvalue weighted by Crippen LogP contribution is 2.31. The number of carbonyl (C=O) groups excluding carboxylic acids is 4. The molecule has 2 N–H and O–H groups in total. The van der Waals surface area contributed by atoms with Crippen LogP contribution in [0, 0.1) is 0 Å². The fourth-order valence-electron chi connectivity index (χ4n) is 3.51. The number of hydrogen-bond donors (Lipinski definition) is 2. The molecular formula is C27H21Cl2N3O5.